The fraction of sp³-hybridized carbons (Fsp3) is 0. The lowest BCUT2D eigenvalue weighted by atomic mass is 14.9. The Balaban J connectivity index is 0. The predicted octanol–water partition coefficient (Wildman–Crippen LogP) is -2.35. The van der Waals surface area contributed by atoms with E-state index in [9.17, 15) is 13.0 Å². The first-order valence-electron chi connectivity index (χ1n) is 1.61. The topological polar surface area (TPSA) is 130 Å². The number of rotatable bonds is 3. The van der Waals surface area contributed by atoms with E-state index in [0.717, 1.165) is 0 Å². The van der Waals surface area contributed by atoms with Crippen molar-refractivity contribution in [3.05, 3.63) is 0 Å². The molecule has 0 heterocycles. The quantitative estimate of drug-likeness (QED) is 0.159. The summed E-state index contributed by atoms with van der Waals surface area (Å²) >= 11 is 0. The lowest BCUT2D eigenvalue weighted by Crippen LogP contribution is -2.02. The second kappa shape index (κ2) is 4.52. The van der Waals surface area contributed by atoms with E-state index < -0.39 is 18.2 Å². The molecule has 0 atom stereocenters. The zero-order chi connectivity index (χ0) is 8.41. The van der Waals surface area contributed by atoms with Gasteiger partial charge in [-0.1, -0.05) is 4.33 Å². The van der Waals surface area contributed by atoms with Gasteiger partial charge < -0.3 is 9.79 Å². The molecule has 0 amide bonds. The molecule has 0 aromatic heterocycles. The maximum atomic E-state index is 9.65. The van der Waals surface area contributed by atoms with E-state index in [4.69, 9.17) is 14.3 Å². The Hall–Kier alpha value is 0.512. The zero-order valence-electron chi connectivity index (χ0n) is 4.24. The van der Waals surface area contributed by atoms with Gasteiger partial charge in [0.15, 0.2) is 17.4 Å². The summed E-state index contributed by atoms with van der Waals surface area (Å²) in [6.45, 7) is 0. The predicted molar refractivity (Wildman–Crippen MR) is 35.7 cm³/mol. The summed E-state index contributed by atoms with van der Waals surface area (Å²) in [5.74, 6) is 0. The summed E-state index contributed by atoms with van der Waals surface area (Å²) in [6.07, 6.45) is 0. The number of hydrogen-bond acceptors (Lipinski definition) is 5. The molecule has 0 rings (SSSR count). The minimum atomic E-state index is -5.02. The van der Waals surface area contributed by atoms with Crippen LogP contribution in [0.5, 0.6) is 0 Å². The van der Waals surface area contributed by atoms with Crippen LogP contribution in [-0.2, 0) is 24.0 Å². The smallest absolute Gasteiger partial charge is 0.301 e. The largest absolute Gasteiger partial charge is 0.498 e. The van der Waals surface area contributed by atoms with Crippen molar-refractivity contribution in [2.75, 3.05) is 0 Å². The molecule has 0 unspecified atom stereocenters. The van der Waals surface area contributed by atoms with Crippen molar-refractivity contribution in [3.8, 4) is 0 Å². The fourth-order valence-corrected chi connectivity index (χ4v) is 0.703. The average molecular weight is 224 g/mol. The Morgan fingerprint density at radius 2 is 1.64 bits per heavy atom. The molecule has 0 spiro atoms. The van der Waals surface area contributed by atoms with Gasteiger partial charge in [-0.05, 0) is 0 Å². The van der Waals surface area contributed by atoms with Gasteiger partial charge in [0.2, 0.25) is 0 Å². The first kappa shape index (κ1) is 14.1. The van der Waals surface area contributed by atoms with Crippen LogP contribution in [-0.4, -0.2) is 40.1 Å². The van der Waals surface area contributed by atoms with Gasteiger partial charge in [0.05, 0.1) is 0 Å². The summed E-state index contributed by atoms with van der Waals surface area (Å²) in [5, 5.41) is 0. The van der Waals surface area contributed by atoms with Gasteiger partial charge >= 0.3 is 18.2 Å². The molecular weight excluding hydrogens is 218 g/mol. The lowest BCUT2D eigenvalue weighted by molar-refractivity contribution is -0.124. The zero-order valence-corrected chi connectivity index (χ0v) is 5.95. The Morgan fingerprint density at radius 1 is 1.27 bits per heavy atom. The van der Waals surface area contributed by atoms with Gasteiger partial charge in [0.25, 0.3) is 0 Å². The van der Waals surface area contributed by atoms with Gasteiger partial charge in [0.1, 0.15) is 0 Å². The van der Waals surface area contributed by atoms with E-state index >= 15 is 0 Å². The Morgan fingerprint density at radius 3 is 1.73 bits per heavy atom. The van der Waals surface area contributed by atoms with Crippen molar-refractivity contribution in [1.82, 2.24) is 0 Å². The molecule has 8 nitrogen and oxygen atoms in total. The molecular formula is H6AlO8PS. The average Bonchev–Trinajstić information content (AvgIpc) is 1.57. The third-order valence-electron chi connectivity index (χ3n) is 0.214. The molecule has 0 fully saturated rings. The van der Waals surface area contributed by atoms with Gasteiger partial charge in [0, 0.05) is 0 Å². The van der Waals surface area contributed by atoms with Crippen LogP contribution in [0.2, 0.25) is 0 Å². The van der Waals surface area contributed by atoms with E-state index in [2.05, 4.69) is 9.01 Å². The molecule has 0 aliphatic carbocycles. The minimum Gasteiger partial charge on any atom is -0.301 e. The van der Waals surface area contributed by atoms with E-state index in [0.29, 0.717) is 0 Å². The van der Waals surface area contributed by atoms with E-state index in [1.807, 2.05) is 0 Å². The molecule has 11 heavy (non-hydrogen) atoms. The van der Waals surface area contributed by atoms with Crippen LogP contribution in [0.15, 0.2) is 0 Å². The molecule has 0 radical (unpaired) electrons. The van der Waals surface area contributed by atoms with Crippen LogP contribution in [0.3, 0.4) is 0 Å². The molecule has 0 aromatic rings. The van der Waals surface area contributed by atoms with E-state index in [-0.39, 0.29) is 17.4 Å². The SMILES string of the molecule is O=P(O)(O)OOS(=O)(=O)O.[AlH3]. The first-order chi connectivity index (χ1) is 4.21. The van der Waals surface area contributed by atoms with Crippen molar-refractivity contribution >= 4 is 35.6 Å². The highest BCUT2D eigenvalue weighted by Crippen LogP contribution is 2.36. The third kappa shape index (κ3) is 13.5. The Bertz CT molecular complexity index is 233. The molecule has 11 heteroatoms. The first-order valence-corrected chi connectivity index (χ1v) is 4.51. The second-order valence-corrected chi connectivity index (χ2v) is 3.18. The lowest BCUT2D eigenvalue weighted by Gasteiger charge is -1.98. The van der Waals surface area contributed by atoms with Crippen LogP contribution in [0.4, 0.5) is 0 Å². The normalized spacial score (nSPS) is 12.3. The monoisotopic (exact) mass is 224 g/mol. The highest BCUT2D eigenvalue weighted by molar-refractivity contribution is 7.80. The molecule has 0 saturated carbocycles. The van der Waals surface area contributed by atoms with Crippen molar-refractivity contribution in [2.45, 2.75) is 0 Å². The van der Waals surface area contributed by atoms with Crippen LogP contribution < -0.4 is 0 Å². The van der Waals surface area contributed by atoms with Gasteiger partial charge in [-0.15, -0.1) is 4.67 Å². The van der Waals surface area contributed by atoms with Crippen LogP contribution in [0.25, 0.3) is 0 Å². The number of phosphoric acid groups is 1. The fourth-order valence-electron chi connectivity index (χ4n) is 0.0781. The molecule has 0 aliphatic heterocycles. The van der Waals surface area contributed by atoms with Crippen molar-refractivity contribution in [1.29, 1.82) is 0 Å². The standard InChI is InChI=1S/Al.H3O8PS.3H/c;1-9(2,3)7-8-10(4,5)6;;;/h;(H2,1,2,3)(H,4,5,6);;;. The number of hydrogen-bond donors (Lipinski definition) is 3. The summed E-state index contributed by atoms with van der Waals surface area (Å²) in [7, 11) is -10.00. The summed E-state index contributed by atoms with van der Waals surface area (Å²) in [5.41, 5.74) is 0. The van der Waals surface area contributed by atoms with Gasteiger partial charge in [-0.25, -0.2) is 4.57 Å². The molecule has 0 aliphatic rings. The molecule has 0 saturated heterocycles. The second-order valence-electron chi connectivity index (χ2n) is 1.06. The Kier molecular flexibility index (Phi) is 5.77. The third-order valence-corrected chi connectivity index (χ3v) is 0.823. The summed E-state index contributed by atoms with van der Waals surface area (Å²) in [4.78, 5) is 15.5. The Labute approximate surface area is 72.4 Å². The van der Waals surface area contributed by atoms with Crippen molar-refractivity contribution in [2.24, 2.45) is 0 Å². The maximum Gasteiger partial charge on any atom is 0.498 e. The van der Waals surface area contributed by atoms with Gasteiger partial charge in [-0.3, -0.25) is 4.55 Å². The van der Waals surface area contributed by atoms with Crippen LogP contribution in [0.1, 0.15) is 0 Å². The molecule has 3 N–H and O–H groups in total. The van der Waals surface area contributed by atoms with Crippen LogP contribution >= 0.6 is 7.82 Å². The highest BCUT2D eigenvalue weighted by atomic mass is 32.3. The molecule has 0 aromatic carbocycles. The molecule has 68 valence electrons. The summed E-state index contributed by atoms with van der Waals surface area (Å²) < 4.78 is 42.2. The van der Waals surface area contributed by atoms with Crippen LogP contribution in [0, 0.1) is 0 Å². The van der Waals surface area contributed by atoms with Crippen molar-refractivity contribution < 1.29 is 36.3 Å². The van der Waals surface area contributed by atoms with E-state index in [1.54, 1.807) is 0 Å². The summed E-state index contributed by atoms with van der Waals surface area (Å²) in [6, 6.07) is 0. The van der Waals surface area contributed by atoms with Crippen molar-refractivity contribution in [3.63, 3.8) is 0 Å². The molecule has 0 bridgehead atoms. The van der Waals surface area contributed by atoms with E-state index in [1.165, 1.54) is 0 Å². The minimum absolute atomic E-state index is 0. The highest BCUT2D eigenvalue weighted by Gasteiger charge is 2.20. The van der Waals surface area contributed by atoms with Gasteiger partial charge in [-0.2, -0.15) is 8.42 Å². The maximum absolute atomic E-state index is 9.65.